The van der Waals surface area contributed by atoms with Crippen molar-refractivity contribution in [3.8, 4) is 0 Å². The lowest BCUT2D eigenvalue weighted by molar-refractivity contribution is -2.00. The zero-order valence-electron chi connectivity index (χ0n) is 15.9. The number of hydrogen-bond donors (Lipinski definition) is 0. The minimum absolute atomic E-state index is 0.644. The zero-order valence-corrected chi connectivity index (χ0v) is 17.4. The summed E-state index contributed by atoms with van der Waals surface area (Å²) < 4.78 is 35.9. The van der Waals surface area contributed by atoms with Crippen LogP contribution >= 0.6 is 11.6 Å². The van der Waals surface area contributed by atoms with Crippen LogP contribution in [0.4, 0.5) is 11.4 Å². The van der Waals surface area contributed by atoms with E-state index >= 15 is 0 Å². The lowest BCUT2D eigenvalue weighted by Crippen LogP contribution is -2.68. The van der Waals surface area contributed by atoms with Crippen LogP contribution in [-0.4, -0.2) is 24.9 Å². The molecule has 3 rings (SSSR count). The van der Waals surface area contributed by atoms with Gasteiger partial charge >= 0.3 is 0 Å². The van der Waals surface area contributed by atoms with Crippen molar-refractivity contribution in [3.05, 3.63) is 84.0 Å². The first-order chi connectivity index (χ1) is 13.6. The third-order valence-corrected chi connectivity index (χ3v) is 4.02. The maximum absolute atomic E-state index is 8.49. The van der Waals surface area contributed by atoms with Crippen molar-refractivity contribution in [1.82, 2.24) is 0 Å². The number of allylic oxidation sites excluding steroid dienone is 1. The summed E-state index contributed by atoms with van der Waals surface area (Å²) in [5.41, 5.74) is 2.06. The van der Waals surface area contributed by atoms with E-state index in [4.69, 9.17) is 30.2 Å². The van der Waals surface area contributed by atoms with Gasteiger partial charge in [-0.05, 0) is 35.0 Å². The molecule has 0 saturated carbocycles. The largest absolute Gasteiger partial charge is 0.301 e. The van der Waals surface area contributed by atoms with E-state index in [2.05, 4.69) is 54.6 Å². The van der Waals surface area contributed by atoms with E-state index in [-0.39, 0.29) is 0 Å². The number of halogens is 2. The SMILES string of the molecule is C[N+](C)=C/C=C(\Cl)N(c1ccccc1)c1ccc2ccccc2c1.[O-][Cl+3]([O-])([O-])[O-]. The number of fused-ring (bicyclic) bond motifs is 1. The first-order valence-corrected chi connectivity index (χ1v) is 10.1. The Morgan fingerprint density at radius 2 is 1.38 bits per heavy atom. The van der Waals surface area contributed by atoms with Crippen LogP contribution in [0.3, 0.4) is 0 Å². The van der Waals surface area contributed by atoms with Gasteiger partial charge in [0.15, 0.2) is 6.21 Å². The standard InChI is InChI=1S/C21H20ClN2.ClHO4/c1-23(2)15-14-21(22)24(19-10-4-3-5-11-19)20-13-12-17-8-6-7-9-18(17)16-20;2-1(3,4)5/h3-16H,1-2H3;(H,2,3,4,5)/q+1;/p-1. The summed E-state index contributed by atoms with van der Waals surface area (Å²) in [4.78, 5) is 2.05. The summed E-state index contributed by atoms with van der Waals surface area (Å²) in [7, 11) is -0.993. The van der Waals surface area contributed by atoms with E-state index in [1.807, 2.05) is 54.1 Å². The number of anilines is 2. The highest BCUT2D eigenvalue weighted by Gasteiger charge is 2.13. The van der Waals surface area contributed by atoms with E-state index in [1.54, 1.807) is 0 Å². The number of para-hydroxylation sites is 1. The van der Waals surface area contributed by atoms with E-state index < -0.39 is 10.2 Å². The Hall–Kier alpha value is -2.45. The van der Waals surface area contributed by atoms with Crippen LogP contribution in [-0.2, 0) is 0 Å². The van der Waals surface area contributed by atoms with Gasteiger partial charge in [-0.3, -0.25) is 0 Å². The van der Waals surface area contributed by atoms with Crippen molar-refractivity contribution in [2.24, 2.45) is 0 Å². The molecule has 0 aliphatic heterocycles. The van der Waals surface area contributed by atoms with Crippen molar-refractivity contribution in [1.29, 1.82) is 0 Å². The van der Waals surface area contributed by atoms with Gasteiger partial charge in [0.2, 0.25) is 0 Å². The molecule has 0 aromatic heterocycles. The smallest absolute Gasteiger partial charge is 0.165 e. The molecule has 0 N–H and O–H groups in total. The van der Waals surface area contributed by atoms with Gasteiger partial charge in [-0.25, -0.2) is 23.2 Å². The molecule has 0 bridgehead atoms. The molecule has 0 fully saturated rings. The molecule has 0 unspecified atom stereocenters. The molecule has 6 nitrogen and oxygen atoms in total. The number of nitrogens with zero attached hydrogens (tertiary/aromatic N) is 2. The highest BCUT2D eigenvalue weighted by atomic mass is 35.7. The van der Waals surface area contributed by atoms with Crippen LogP contribution in [0.25, 0.3) is 10.8 Å². The first kappa shape index (κ1) is 22.8. The number of rotatable bonds is 4. The second-order valence-corrected chi connectivity index (χ2v) is 7.33. The van der Waals surface area contributed by atoms with Gasteiger partial charge in [0.1, 0.15) is 19.3 Å². The second kappa shape index (κ2) is 10.4. The molecule has 8 heteroatoms. The summed E-state index contributed by atoms with van der Waals surface area (Å²) in [5.74, 6) is 0. The van der Waals surface area contributed by atoms with Crippen molar-refractivity contribution in [2.75, 3.05) is 19.0 Å². The molecule has 152 valence electrons. The molecule has 0 spiro atoms. The fraction of sp³-hybridized carbons (Fsp3) is 0.0952. The zero-order chi connectivity index (χ0) is 21.4. The normalized spacial score (nSPS) is 11.5. The molecule has 0 atom stereocenters. The molecule has 0 saturated heterocycles. The fourth-order valence-electron chi connectivity index (χ4n) is 2.57. The monoisotopic (exact) mass is 434 g/mol. The number of hydrogen-bond acceptors (Lipinski definition) is 5. The van der Waals surface area contributed by atoms with Crippen LogP contribution in [0.5, 0.6) is 0 Å². The Balaban J connectivity index is 0.000000537. The Bertz CT molecular complexity index is 992. The lowest BCUT2D eigenvalue weighted by Gasteiger charge is -2.24. The van der Waals surface area contributed by atoms with Crippen LogP contribution < -0.4 is 23.5 Å². The molecule has 0 radical (unpaired) electrons. The molecular weight excluding hydrogens is 415 g/mol. The van der Waals surface area contributed by atoms with Crippen molar-refractivity contribution in [3.63, 3.8) is 0 Å². The molecule has 3 aromatic rings. The van der Waals surface area contributed by atoms with Gasteiger partial charge in [0.05, 0.1) is 0 Å². The lowest BCUT2D eigenvalue weighted by atomic mass is 10.1. The summed E-state index contributed by atoms with van der Waals surface area (Å²) in [6.45, 7) is 0. The summed E-state index contributed by atoms with van der Waals surface area (Å²) >= 11 is 6.64. The molecule has 3 aromatic carbocycles. The highest BCUT2D eigenvalue weighted by Crippen LogP contribution is 2.33. The van der Waals surface area contributed by atoms with Crippen molar-refractivity contribution < 1.29 is 33.5 Å². The highest BCUT2D eigenvalue weighted by molar-refractivity contribution is 6.32. The van der Waals surface area contributed by atoms with Crippen molar-refractivity contribution >= 4 is 40.0 Å². The predicted octanol–water partition coefficient (Wildman–Crippen LogP) is 0.645. The van der Waals surface area contributed by atoms with Crippen LogP contribution in [0.1, 0.15) is 0 Å². The molecule has 0 amide bonds. The summed E-state index contributed by atoms with van der Waals surface area (Å²) in [6.07, 6.45) is 3.85. The second-order valence-electron chi connectivity index (χ2n) is 6.18. The van der Waals surface area contributed by atoms with Gasteiger partial charge in [-0.1, -0.05) is 60.1 Å². The molecule has 0 aliphatic rings. The molecular formula is C21H20Cl2N2O4. The van der Waals surface area contributed by atoms with Gasteiger partial charge in [-0.15, -0.1) is 10.2 Å². The van der Waals surface area contributed by atoms with Crippen LogP contribution in [0, 0.1) is 10.2 Å². The van der Waals surface area contributed by atoms with Crippen LogP contribution in [0.15, 0.2) is 84.0 Å². The van der Waals surface area contributed by atoms with Gasteiger partial charge in [0, 0.05) is 17.5 Å². The summed E-state index contributed by atoms with van der Waals surface area (Å²) in [5, 5.41) is 3.05. The Labute approximate surface area is 176 Å². The topological polar surface area (TPSA) is 98.5 Å². The quantitative estimate of drug-likeness (QED) is 0.341. The average molecular weight is 435 g/mol. The molecule has 29 heavy (non-hydrogen) atoms. The third-order valence-electron chi connectivity index (χ3n) is 3.73. The molecule has 0 aliphatic carbocycles. The number of benzene rings is 3. The van der Waals surface area contributed by atoms with Crippen LogP contribution in [0.2, 0.25) is 0 Å². The van der Waals surface area contributed by atoms with E-state index in [9.17, 15) is 0 Å². The summed E-state index contributed by atoms with van der Waals surface area (Å²) in [6, 6.07) is 24.9. The van der Waals surface area contributed by atoms with E-state index in [1.165, 1.54) is 10.8 Å². The van der Waals surface area contributed by atoms with Crippen molar-refractivity contribution in [2.45, 2.75) is 0 Å². The predicted molar refractivity (Wildman–Crippen MR) is 105 cm³/mol. The average Bonchev–Trinajstić information content (AvgIpc) is 2.66. The minimum Gasteiger partial charge on any atom is -0.301 e. The molecule has 0 heterocycles. The van der Waals surface area contributed by atoms with Gasteiger partial charge in [-0.2, -0.15) is 0 Å². The van der Waals surface area contributed by atoms with Gasteiger partial charge in [0.25, 0.3) is 0 Å². The first-order valence-electron chi connectivity index (χ1n) is 8.48. The Kier molecular flexibility index (Phi) is 8.16. The van der Waals surface area contributed by atoms with Gasteiger partial charge < -0.3 is 4.90 Å². The minimum atomic E-state index is -4.94. The third kappa shape index (κ3) is 7.83. The maximum Gasteiger partial charge on any atom is 0.165 e. The Morgan fingerprint density at radius 1 is 0.828 bits per heavy atom. The van der Waals surface area contributed by atoms with E-state index in [0.717, 1.165) is 11.4 Å². The van der Waals surface area contributed by atoms with E-state index in [0.29, 0.717) is 5.16 Å². The maximum atomic E-state index is 8.49. The Morgan fingerprint density at radius 3 is 1.97 bits per heavy atom. The fourth-order valence-corrected chi connectivity index (χ4v) is 2.83.